The van der Waals surface area contributed by atoms with Gasteiger partial charge in [-0.2, -0.15) is 0 Å². The van der Waals surface area contributed by atoms with Crippen molar-refractivity contribution in [3.8, 4) is 11.5 Å². The van der Waals surface area contributed by atoms with Crippen LogP contribution in [0.1, 0.15) is 36.2 Å². The summed E-state index contributed by atoms with van der Waals surface area (Å²) >= 11 is 0. The number of carbonyl (C=O) groups is 1. The smallest absolute Gasteiger partial charge is 0.257 e. The molecule has 0 aliphatic heterocycles. The molecular formula is C30H35N3O3. The van der Waals surface area contributed by atoms with Crippen LogP contribution in [-0.4, -0.2) is 35.2 Å². The van der Waals surface area contributed by atoms with Crippen LogP contribution >= 0.6 is 0 Å². The highest BCUT2D eigenvalue weighted by Crippen LogP contribution is 2.20. The van der Waals surface area contributed by atoms with E-state index in [1.54, 1.807) is 0 Å². The fourth-order valence-corrected chi connectivity index (χ4v) is 4.17. The van der Waals surface area contributed by atoms with Gasteiger partial charge in [0.25, 0.3) is 5.91 Å². The van der Waals surface area contributed by atoms with Crippen LogP contribution in [-0.2, 0) is 17.8 Å². The van der Waals surface area contributed by atoms with Gasteiger partial charge in [0.05, 0.1) is 17.6 Å². The lowest BCUT2D eigenvalue weighted by Crippen LogP contribution is -2.30. The van der Waals surface area contributed by atoms with Gasteiger partial charge in [-0.1, -0.05) is 42.5 Å². The SMILES string of the molecule is Cc1ccc(C)c(OCCCCn2c(CCCNC(=O)COc3ccccc3)nc3ccccc32)c1. The quantitative estimate of drug-likeness (QED) is 0.249. The Bertz CT molecular complexity index is 1270. The molecule has 0 radical (unpaired) electrons. The van der Waals surface area contributed by atoms with Crippen molar-refractivity contribution < 1.29 is 14.3 Å². The lowest BCUT2D eigenvalue weighted by molar-refractivity contribution is -0.123. The molecule has 0 atom stereocenters. The average molecular weight is 486 g/mol. The Labute approximate surface area is 213 Å². The predicted molar refractivity (Wildman–Crippen MR) is 144 cm³/mol. The highest BCUT2D eigenvalue weighted by atomic mass is 16.5. The van der Waals surface area contributed by atoms with Gasteiger partial charge in [0, 0.05) is 19.5 Å². The normalized spacial score (nSPS) is 10.9. The van der Waals surface area contributed by atoms with Crippen LogP contribution in [0, 0.1) is 13.8 Å². The van der Waals surface area contributed by atoms with E-state index in [-0.39, 0.29) is 12.5 Å². The molecule has 1 N–H and O–H groups in total. The molecule has 4 rings (SSSR count). The molecule has 0 aliphatic rings. The Kier molecular flexibility index (Phi) is 8.98. The Morgan fingerprint density at radius 1 is 0.917 bits per heavy atom. The fraction of sp³-hybridized carbons (Fsp3) is 0.333. The number of nitrogens with zero attached hydrogens (tertiary/aromatic N) is 2. The summed E-state index contributed by atoms with van der Waals surface area (Å²) in [4.78, 5) is 17.0. The molecule has 1 heterocycles. The third-order valence-electron chi connectivity index (χ3n) is 6.12. The van der Waals surface area contributed by atoms with Gasteiger partial charge in [-0.3, -0.25) is 4.79 Å². The summed E-state index contributed by atoms with van der Waals surface area (Å²) in [7, 11) is 0. The van der Waals surface area contributed by atoms with Crippen LogP contribution in [0.15, 0.2) is 72.8 Å². The van der Waals surface area contributed by atoms with Crippen LogP contribution in [0.25, 0.3) is 11.0 Å². The number of fused-ring (bicyclic) bond motifs is 1. The van der Waals surface area contributed by atoms with Crippen molar-refractivity contribution in [3.63, 3.8) is 0 Å². The number of unbranched alkanes of at least 4 members (excludes halogenated alkanes) is 1. The number of para-hydroxylation sites is 3. The lowest BCUT2D eigenvalue weighted by atomic mass is 10.1. The monoisotopic (exact) mass is 485 g/mol. The molecule has 0 fully saturated rings. The number of ether oxygens (including phenoxy) is 2. The van der Waals surface area contributed by atoms with E-state index in [0.29, 0.717) is 18.9 Å². The minimum absolute atomic E-state index is 0.0205. The van der Waals surface area contributed by atoms with E-state index in [1.165, 1.54) is 11.1 Å². The number of hydrogen-bond donors (Lipinski definition) is 1. The van der Waals surface area contributed by atoms with Gasteiger partial charge in [0.1, 0.15) is 17.3 Å². The number of carbonyl (C=O) groups excluding carboxylic acids is 1. The lowest BCUT2D eigenvalue weighted by Gasteiger charge is -2.12. The van der Waals surface area contributed by atoms with Gasteiger partial charge in [0.15, 0.2) is 6.61 Å². The number of amides is 1. The zero-order chi connectivity index (χ0) is 25.2. The van der Waals surface area contributed by atoms with Crippen molar-refractivity contribution in [1.82, 2.24) is 14.9 Å². The van der Waals surface area contributed by atoms with Gasteiger partial charge >= 0.3 is 0 Å². The Balaban J connectivity index is 1.24. The van der Waals surface area contributed by atoms with Crippen LogP contribution < -0.4 is 14.8 Å². The predicted octanol–water partition coefficient (Wildman–Crippen LogP) is 5.64. The largest absolute Gasteiger partial charge is 0.493 e. The van der Waals surface area contributed by atoms with Crippen LogP contribution in [0.2, 0.25) is 0 Å². The first-order valence-corrected chi connectivity index (χ1v) is 12.7. The summed E-state index contributed by atoms with van der Waals surface area (Å²) < 4.78 is 13.9. The first kappa shape index (κ1) is 25.3. The molecule has 4 aromatic rings. The molecular weight excluding hydrogens is 450 g/mol. The van der Waals surface area contributed by atoms with Gasteiger partial charge in [-0.05, 0) is 74.6 Å². The van der Waals surface area contributed by atoms with Gasteiger partial charge in [-0.25, -0.2) is 4.98 Å². The van der Waals surface area contributed by atoms with Gasteiger partial charge in [-0.15, -0.1) is 0 Å². The van der Waals surface area contributed by atoms with E-state index < -0.39 is 0 Å². The van der Waals surface area contributed by atoms with Crippen molar-refractivity contribution in [1.29, 1.82) is 0 Å². The molecule has 6 heteroatoms. The summed E-state index contributed by atoms with van der Waals surface area (Å²) in [5.74, 6) is 2.61. The standard InChI is InChI=1S/C30H35N3O3/c1-23-16-17-24(2)28(21-23)35-20-9-8-19-33-27-14-7-6-13-26(27)32-29(33)15-10-18-31-30(34)22-36-25-11-4-3-5-12-25/h3-7,11-14,16-17,21H,8-10,15,18-20,22H2,1-2H3,(H,31,34). The number of imidazole rings is 1. The van der Waals surface area contributed by atoms with Crippen LogP contribution in [0.3, 0.4) is 0 Å². The molecule has 1 aromatic heterocycles. The summed E-state index contributed by atoms with van der Waals surface area (Å²) in [5.41, 5.74) is 4.55. The zero-order valence-corrected chi connectivity index (χ0v) is 21.2. The molecule has 188 valence electrons. The maximum Gasteiger partial charge on any atom is 0.257 e. The topological polar surface area (TPSA) is 65.4 Å². The molecule has 0 saturated carbocycles. The van der Waals surface area contributed by atoms with Crippen molar-refractivity contribution in [2.75, 3.05) is 19.8 Å². The minimum atomic E-state index is -0.115. The molecule has 0 bridgehead atoms. The van der Waals surface area contributed by atoms with Crippen molar-refractivity contribution in [2.45, 2.75) is 46.1 Å². The third-order valence-corrected chi connectivity index (χ3v) is 6.12. The summed E-state index contributed by atoms with van der Waals surface area (Å²) in [6.07, 6.45) is 3.59. The van der Waals surface area contributed by atoms with E-state index in [2.05, 4.69) is 60.1 Å². The molecule has 0 aliphatic carbocycles. The molecule has 1 amide bonds. The molecule has 0 unspecified atom stereocenters. The maximum absolute atomic E-state index is 12.1. The van der Waals surface area contributed by atoms with Crippen molar-refractivity contribution in [3.05, 3.63) is 89.7 Å². The Hall–Kier alpha value is -3.80. The van der Waals surface area contributed by atoms with Crippen LogP contribution in [0.5, 0.6) is 11.5 Å². The summed E-state index contributed by atoms with van der Waals surface area (Å²) in [6.45, 7) is 6.36. The highest BCUT2D eigenvalue weighted by Gasteiger charge is 2.11. The number of aryl methyl sites for hydroxylation is 4. The zero-order valence-electron chi connectivity index (χ0n) is 21.2. The van der Waals surface area contributed by atoms with E-state index in [9.17, 15) is 4.79 Å². The second-order valence-corrected chi connectivity index (χ2v) is 9.05. The number of rotatable bonds is 13. The van der Waals surface area contributed by atoms with E-state index in [4.69, 9.17) is 14.5 Å². The maximum atomic E-state index is 12.1. The number of benzene rings is 3. The first-order valence-electron chi connectivity index (χ1n) is 12.7. The number of nitrogens with one attached hydrogen (secondary N) is 1. The molecule has 3 aromatic carbocycles. The number of aromatic nitrogens is 2. The summed E-state index contributed by atoms with van der Waals surface area (Å²) in [6, 6.07) is 23.9. The molecule has 0 saturated heterocycles. The van der Waals surface area contributed by atoms with Gasteiger partial charge < -0.3 is 19.4 Å². The Morgan fingerprint density at radius 3 is 2.58 bits per heavy atom. The van der Waals surface area contributed by atoms with E-state index in [0.717, 1.165) is 54.8 Å². The second kappa shape index (κ2) is 12.8. The second-order valence-electron chi connectivity index (χ2n) is 9.05. The van der Waals surface area contributed by atoms with E-state index in [1.807, 2.05) is 36.4 Å². The minimum Gasteiger partial charge on any atom is -0.493 e. The fourth-order valence-electron chi connectivity index (χ4n) is 4.17. The molecule has 6 nitrogen and oxygen atoms in total. The van der Waals surface area contributed by atoms with Crippen molar-refractivity contribution >= 4 is 16.9 Å². The first-order chi connectivity index (χ1) is 17.6. The third kappa shape index (κ3) is 7.11. The number of hydrogen-bond acceptors (Lipinski definition) is 4. The van der Waals surface area contributed by atoms with Gasteiger partial charge in [0.2, 0.25) is 0 Å². The van der Waals surface area contributed by atoms with Crippen molar-refractivity contribution in [2.24, 2.45) is 0 Å². The summed E-state index contributed by atoms with van der Waals surface area (Å²) in [5, 5.41) is 2.94. The highest BCUT2D eigenvalue weighted by molar-refractivity contribution is 5.77. The average Bonchev–Trinajstić information content (AvgIpc) is 3.25. The molecule has 36 heavy (non-hydrogen) atoms. The molecule has 0 spiro atoms. The van der Waals surface area contributed by atoms with Crippen LogP contribution in [0.4, 0.5) is 0 Å². The Morgan fingerprint density at radius 2 is 1.72 bits per heavy atom. The van der Waals surface area contributed by atoms with E-state index >= 15 is 0 Å².